The Balaban J connectivity index is 2.07. The number of carboxylic acid groups (broad SMARTS) is 1. The predicted molar refractivity (Wildman–Crippen MR) is 94.4 cm³/mol. The van der Waals surface area contributed by atoms with E-state index in [1.54, 1.807) is 0 Å². The van der Waals surface area contributed by atoms with Gasteiger partial charge in [-0.05, 0) is 28.8 Å². The second-order valence-corrected chi connectivity index (χ2v) is 6.11. The van der Waals surface area contributed by atoms with Crippen LogP contribution in [-0.4, -0.2) is 11.1 Å². The molecule has 2 rings (SSSR count). The Kier molecular flexibility index (Phi) is 5.92. The third kappa shape index (κ3) is 4.66. The van der Waals surface area contributed by atoms with Crippen LogP contribution in [0.3, 0.4) is 0 Å². The Morgan fingerprint density at radius 2 is 1.61 bits per heavy atom. The summed E-state index contributed by atoms with van der Waals surface area (Å²) in [4.78, 5) is 10.8. The second kappa shape index (κ2) is 7.92. The molecule has 2 aromatic rings. The molecule has 0 aliphatic rings. The highest BCUT2D eigenvalue weighted by atomic mass is 35.5. The summed E-state index contributed by atoms with van der Waals surface area (Å²) in [6.45, 7) is 0. The maximum absolute atomic E-state index is 10.8. The summed E-state index contributed by atoms with van der Waals surface area (Å²) >= 11 is 7.12. The van der Waals surface area contributed by atoms with E-state index in [9.17, 15) is 4.79 Å². The van der Waals surface area contributed by atoms with Crippen molar-refractivity contribution in [3.63, 3.8) is 0 Å². The van der Waals surface area contributed by atoms with Crippen molar-refractivity contribution in [1.82, 2.24) is 5.43 Å². The molecule has 0 amide bonds. The molecule has 0 heterocycles. The van der Waals surface area contributed by atoms with Crippen LogP contribution in [-0.2, 0) is 10.5 Å². The lowest BCUT2D eigenvalue weighted by atomic mass is 10.0. The molecule has 2 aromatic carbocycles. The lowest BCUT2D eigenvalue weighted by Gasteiger charge is -2.09. The summed E-state index contributed by atoms with van der Waals surface area (Å²) in [5.74, 6) is 4.65. The molecule has 120 valence electrons. The van der Waals surface area contributed by atoms with Crippen molar-refractivity contribution in [2.24, 2.45) is 11.6 Å². The van der Waals surface area contributed by atoms with Gasteiger partial charge in [-0.1, -0.05) is 48.0 Å². The Labute approximate surface area is 143 Å². The molecule has 0 saturated carbocycles. The topological polar surface area (TPSA) is 101 Å². The van der Waals surface area contributed by atoms with E-state index in [0.717, 1.165) is 16.7 Å². The van der Waals surface area contributed by atoms with E-state index >= 15 is 0 Å². The fourth-order valence-electron chi connectivity index (χ4n) is 1.89. The van der Waals surface area contributed by atoms with Crippen molar-refractivity contribution < 1.29 is 9.90 Å². The van der Waals surface area contributed by atoms with E-state index in [2.05, 4.69) is 5.43 Å². The zero-order valence-electron chi connectivity index (χ0n) is 12.1. The number of aliphatic carboxylic acids is 1. The molecular weight excluding hydrogens is 334 g/mol. The van der Waals surface area contributed by atoms with E-state index in [4.69, 9.17) is 28.3 Å². The number of nitrogens with one attached hydrogen (secondary N) is 1. The Hall–Kier alpha value is -2.15. The molecule has 0 unspecified atom stereocenters. The number of carboxylic acids is 1. The average Bonchev–Trinajstić information content (AvgIpc) is 2.56. The monoisotopic (exact) mass is 349 g/mol. The van der Waals surface area contributed by atoms with Gasteiger partial charge in [0.15, 0.2) is 0 Å². The fourth-order valence-corrected chi connectivity index (χ4v) is 2.84. The molecule has 0 atom stereocenters. The molecule has 0 fully saturated rings. The highest BCUT2D eigenvalue weighted by Gasteiger charge is 2.10. The van der Waals surface area contributed by atoms with Gasteiger partial charge < -0.3 is 16.3 Å². The van der Waals surface area contributed by atoms with Crippen molar-refractivity contribution >= 4 is 29.3 Å². The molecule has 0 aliphatic carbocycles. The van der Waals surface area contributed by atoms with Gasteiger partial charge in [0.2, 0.25) is 0 Å². The average molecular weight is 350 g/mol. The van der Waals surface area contributed by atoms with Crippen molar-refractivity contribution in [2.45, 2.75) is 5.75 Å². The summed E-state index contributed by atoms with van der Waals surface area (Å²) in [5.41, 5.74) is 10.7. The quantitative estimate of drug-likeness (QED) is 0.363. The number of rotatable bonds is 6. The van der Waals surface area contributed by atoms with Gasteiger partial charge in [-0.15, -0.1) is 11.8 Å². The van der Waals surface area contributed by atoms with Crippen LogP contribution in [0.2, 0.25) is 5.02 Å². The van der Waals surface area contributed by atoms with Crippen LogP contribution in [0.25, 0.3) is 11.1 Å². The smallest absolute Gasteiger partial charge is 0.354 e. The highest BCUT2D eigenvalue weighted by molar-refractivity contribution is 8.02. The van der Waals surface area contributed by atoms with Crippen LogP contribution < -0.4 is 17.0 Å². The molecule has 7 heteroatoms. The molecule has 6 N–H and O–H groups in total. The first-order valence-electron chi connectivity index (χ1n) is 6.68. The van der Waals surface area contributed by atoms with E-state index in [1.807, 2.05) is 48.5 Å². The SMILES string of the molecule is NN/C(SCc1ccc(-c2ccc(Cl)cc2)cc1)=C(\N)C(=O)O. The standard InChI is InChI=1S/C16H16ClN3O2S/c17-13-7-5-12(6-8-13)11-3-1-10(2-4-11)9-23-15(20-19)14(18)16(21)22/h1-8,20H,9,18-19H2,(H,21,22)/b15-14+. The van der Waals surface area contributed by atoms with Crippen LogP contribution in [0.4, 0.5) is 0 Å². The minimum atomic E-state index is -1.21. The summed E-state index contributed by atoms with van der Waals surface area (Å²) in [6, 6.07) is 15.6. The van der Waals surface area contributed by atoms with Crippen LogP contribution in [0, 0.1) is 0 Å². The summed E-state index contributed by atoms with van der Waals surface area (Å²) in [6.07, 6.45) is 0. The number of halogens is 1. The van der Waals surface area contributed by atoms with Crippen molar-refractivity contribution in [3.8, 4) is 11.1 Å². The predicted octanol–water partition coefficient (Wildman–Crippen LogP) is 2.92. The molecule has 0 spiro atoms. The first kappa shape index (κ1) is 17.2. The lowest BCUT2D eigenvalue weighted by molar-refractivity contribution is -0.132. The number of benzene rings is 2. The maximum Gasteiger partial charge on any atom is 0.354 e. The van der Waals surface area contributed by atoms with E-state index in [0.29, 0.717) is 10.8 Å². The summed E-state index contributed by atoms with van der Waals surface area (Å²) in [7, 11) is 0. The van der Waals surface area contributed by atoms with Crippen molar-refractivity contribution in [1.29, 1.82) is 0 Å². The van der Waals surface area contributed by atoms with E-state index < -0.39 is 5.97 Å². The third-order valence-electron chi connectivity index (χ3n) is 3.12. The number of hydrogen-bond donors (Lipinski definition) is 4. The molecule has 0 bridgehead atoms. The molecular formula is C16H16ClN3O2S. The van der Waals surface area contributed by atoms with Gasteiger partial charge in [0, 0.05) is 10.8 Å². The largest absolute Gasteiger partial charge is 0.477 e. The molecule has 0 aliphatic heterocycles. The molecule has 0 saturated heterocycles. The minimum Gasteiger partial charge on any atom is -0.477 e. The van der Waals surface area contributed by atoms with Gasteiger partial charge in [0.25, 0.3) is 0 Å². The maximum atomic E-state index is 10.8. The normalized spacial score (nSPS) is 11.7. The van der Waals surface area contributed by atoms with Crippen molar-refractivity contribution in [2.75, 3.05) is 0 Å². The Bertz CT molecular complexity index is 715. The second-order valence-electron chi connectivity index (χ2n) is 4.68. The van der Waals surface area contributed by atoms with Crippen LogP contribution in [0.1, 0.15) is 5.56 Å². The Morgan fingerprint density at radius 3 is 2.09 bits per heavy atom. The molecule has 0 radical (unpaired) electrons. The minimum absolute atomic E-state index is 0.235. The van der Waals surface area contributed by atoms with Gasteiger partial charge in [-0.25, -0.2) is 10.6 Å². The number of hydrogen-bond acceptors (Lipinski definition) is 5. The zero-order valence-corrected chi connectivity index (χ0v) is 13.7. The summed E-state index contributed by atoms with van der Waals surface area (Å²) in [5, 5.41) is 9.80. The molecule has 23 heavy (non-hydrogen) atoms. The number of thioether (sulfide) groups is 1. The molecule has 5 nitrogen and oxygen atoms in total. The van der Waals surface area contributed by atoms with Gasteiger partial charge in [-0.3, -0.25) is 0 Å². The van der Waals surface area contributed by atoms with Crippen LogP contribution >= 0.6 is 23.4 Å². The van der Waals surface area contributed by atoms with Gasteiger partial charge in [-0.2, -0.15) is 0 Å². The first-order valence-corrected chi connectivity index (χ1v) is 8.05. The van der Waals surface area contributed by atoms with E-state index in [-0.39, 0.29) is 10.7 Å². The van der Waals surface area contributed by atoms with Gasteiger partial charge in [0.05, 0.1) is 0 Å². The first-order chi connectivity index (χ1) is 11.0. The highest BCUT2D eigenvalue weighted by Crippen LogP contribution is 2.25. The third-order valence-corrected chi connectivity index (χ3v) is 4.48. The van der Waals surface area contributed by atoms with Crippen molar-refractivity contribution in [3.05, 3.63) is 69.8 Å². The Morgan fingerprint density at radius 1 is 1.09 bits per heavy atom. The number of carbonyl (C=O) groups is 1. The summed E-state index contributed by atoms with van der Waals surface area (Å²) < 4.78 is 0. The molecule has 0 aromatic heterocycles. The van der Waals surface area contributed by atoms with Gasteiger partial charge >= 0.3 is 5.97 Å². The van der Waals surface area contributed by atoms with E-state index in [1.165, 1.54) is 11.8 Å². The fraction of sp³-hybridized carbons (Fsp3) is 0.0625. The van der Waals surface area contributed by atoms with Crippen LogP contribution in [0.5, 0.6) is 0 Å². The van der Waals surface area contributed by atoms with Crippen LogP contribution in [0.15, 0.2) is 59.3 Å². The number of hydrazine groups is 1. The van der Waals surface area contributed by atoms with Gasteiger partial charge in [0.1, 0.15) is 10.7 Å². The number of nitrogens with two attached hydrogens (primary N) is 2. The zero-order chi connectivity index (χ0) is 16.8. The lowest BCUT2D eigenvalue weighted by Crippen LogP contribution is -2.26.